The number of anilines is 1. The number of ether oxygens (including phenoxy) is 1. The van der Waals surface area contributed by atoms with Crippen LogP contribution in [0.5, 0.6) is 5.75 Å². The molecule has 134 valence electrons. The van der Waals surface area contributed by atoms with Crippen LogP contribution < -0.4 is 9.64 Å². The van der Waals surface area contributed by atoms with E-state index in [0.717, 1.165) is 22.8 Å². The second kappa shape index (κ2) is 7.37. The van der Waals surface area contributed by atoms with Gasteiger partial charge in [0.15, 0.2) is 5.82 Å². The van der Waals surface area contributed by atoms with Crippen LogP contribution in [0.4, 0.5) is 5.82 Å². The smallest absolute Gasteiger partial charge is 0.211 e. The molecule has 0 bridgehead atoms. The Balaban J connectivity index is 1.66. The van der Waals surface area contributed by atoms with Crippen molar-refractivity contribution in [1.82, 2.24) is 14.5 Å². The topological polar surface area (TPSA) is 75.6 Å². The van der Waals surface area contributed by atoms with Crippen LogP contribution in [0, 0.1) is 0 Å². The van der Waals surface area contributed by atoms with Crippen molar-refractivity contribution in [2.75, 3.05) is 43.9 Å². The van der Waals surface area contributed by atoms with Gasteiger partial charge in [-0.25, -0.2) is 8.42 Å². The third kappa shape index (κ3) is 4.26. The number of rotatable bonds is 5. The highest BCUT2D eigenvalue weighted by atomic mass is 32.2. The quantitative estimate of drug-likeness (QED) is 0.805. The third-order valence-corrected chi connectivity index (χ3v) is 5.45. The molecule has 1 aromatic carbocycles. The first-order chi connectivity index (χ1) is 12.0. The van der Waals surface area contributed by atoms with E-state index in [4.69, 9.17) is 4.74 Å². The lowest BCUT2D eigenvalue weighted by atomic mass is 10.1. The Bertz CT molecular complexity index is 799. The summed E-state index contributed by atoms with van der Waals surface area (Å²) in [6.07, 6.45) is 1.24. The van der Waals surface area contributed by atoms with E-state index in [9.17, 15) is 8.42 Å². The number of sulfonamides is 1. The van der Waals surface area contributed by atoms with E-state index < -0.39 is 10.0 Å². The largest absolute Gasteiger partial charge is 0.494 e. The fourth-order valence-electron chi connectivity index (χ4n) is 2.79. The van der Waals surface area contributed by atoms with E-state index in [1.165, 1.54) is 10.6 Å². The lowest BCUT2D eigenvalue weighted by Gasteiger charge is -2.33. The summed E-state index contributed by atoms with van der Waals surface area (Å²) in [4.78, 5) is 2.05. The van der Waals surface area contributed by atoms with Gasteiger partial charge in [0.2, 0.25) is 10.0 Å². The summed E-state index contributed by atoms with van der Waals surface area (Å²) in [5.74, 6) is 1.60. The maximum atomic E-state index is 11.6. The molecule has 1 aromatic heterocycles. The molecule has 1 aliphatic rings. The predicted molar refractivity (Wildman–Crippen MR) is 97.3 cm³/mol. The summed E-state index contributed by atoms with van der Waals surface area (Å²) in [7, 11) is -3.12. The summed E-state index contributed by atoms with van der Waals surface area (Å²) in [6.45, 7) is 4.77. The maximum absolute atomic E-state index is 11.6. The van der Waals surface area contributed by atoms with Gasteiger partial charge in [-0.3, -0.25) is 0 Å². The molecule has 8 heteroatoms. The van der Waals surface area contributed by atoms with Crippen LogP contribution in [0.2, 0.25) is 0 Å². The SMILES string of the molecule is CCOc1ccc(-c2ccc(N3CCN(S(C)(=O)=O)CC3)nn2)cc1. The minimum absolute atomic E-state index is 0.473. The minimum Gasteiger partial charge on any atom is -0.494 e. The van der Waals surface area contributed by atoms with Crippen molar-refractivity contribution in [2.24, 2.45) is 0 Å². The highest BCUT2D eigenvalue weighted by Gasteiger charge is 2.24. The lowest BCUT2D eigenvalue weighted by Crippen LogP contribution is -2.48. The van der Waals surface area contributed by atoms with E-state index >= 15 is 0 Å². The van der Waals surface area contributed by atoms with Crippen molar-refractivity contribution < 1.29 is 13.2 Å². The molecule has 0 saturated carbocycles. The van der Waals surface area contributed by atoms with Crippen LogP contribution in [-0.2, 0) is 10.0 Å². The number of benzene rings is 1. The van der Waals surface area contributed by atoms with E-state index in [1.807, 2.05) is 43.3 Å². The molecule has 0 atom stereocenters. The standard InChI is InChI=1S/C17H22N4O3S/c1-3-24-15-6-4-14(5-7-15)16-8-9-17(19-18-16)20-10-12-21(13-11-20)25(2,22)23/h4-9H,3,10-13H2,1-2H3. The zero-order chi connectivity index (χ0) is 17.9. The molecule has 7 nitrogen and oxygen atoms in total. The van der Waals surface area contributed by atoms with Gasteiger partial charge in [0, 0.05) is 31.7 Å². The summed E-state index contributed by atoms with van der Waals surface area (Å²) in [5.41, 5.74) is 1.77. The van der Waals surface area contributed by atoms with Gasteiger partial charge >= 0.3 is 0 Å². The monoisotopic (exact) mass is 362 g/mol. The third-order valence-electron chi connectivity index (χ3n) is 4.14. The lowest BCUT2D eigenvalue weighted by molar-refractivity contribution is 0.340. The molecular formula is C17H22N4O3S. The van der Waals surface area contributed by atoms with Crippen LogP contribution in [0.25, 0.3) is 11.3 Å². The van der Waals surface area contributed by atoms with Crippen molar-refractivity contribution in [2.45, 2.75) is 6.92 Å². The van der Waals surface area contributed by atoms with Crippen LogP contribution in [0.15, 0.2) is 36.4 Å². The molecule has 0 amide bonds. The molecule has 2 heterocycles. The highest BCUT2D eigenvalue weighted by molar-refractivity contribution is 7.88. The Morgan fingerprint density at radius 1 is 1.00 bits per heavy atom. The maximum Gasteiger partial charge on any atom is 0.211 e. The fraction of sp³-hybridized carbons (Fsp3) is 0.412. The van der Waals surface area contributed by atoms with Crippen molar-refractivity contribution in [3.8, 4) is 17.0 Å². The number of hydrogen-bond acceptors (Lipinski definition) is 6. The van der Waals surface area contributed by atoms with Gasteiger partial charge in [0.05, 0.1) is 18.6 Å². The van der Waals surface area contributed by atoms with Crippen molar-refractivity contribution in [3.05, 3.63) is 36.4 Å². The molecule has 1 fully saturated rings. The normalized spacial score (nSPS) is 16.0. The van der Waals surface area contributed by atoms with Crippen molar-refractivity contribution >= 4 is 15.8 Å². The van der Waals surface area contributed by atoms with Crippen molar-refractivity contribution in [3.63, 3.8) is 0 Å². The number of aromatic nitrogens is 2. The first-order valence-corrected chi connectivity index (χ1v) is 10.1. The summed E-state index contributed by atoms with van der Waals surface area (Å²) in [5, 5.41) is 8.60. The molecule has 0 aliphatic carbocycles. The van der Waals surface area contributed by atoms with Gasteiger partial charge in [-0.1, -0.05) is 0 Å². The summed E-state index contributed by atoms with van der Waals surface area (Å²) in [6, 6.07) is 11.6. The van der Waals surface area contributed by atoms with E-state index in [-0.39, 0.29) is 0 Å². The zero-order valence-corrected chi connectivity index (χ0v) is 15.2. The van der Waals surface area contributed by atoms with Crippen LogP contribution >= 0.6 is 0 Å². The predicted octanol–water partition coefficient (Wildman–Crippen LogP) is 1.62. The Kier molecular flexibility index (Phi) is 5.19. The molecule has 0 unspecified atom stereocenters. The zero-order valence-electron chi connectivity index (χ0n) is 14.4. The van der Waals surface area contributed by atoms with Gasteiger partial charge in [0.1, 0.15) is 5.75 Å². The Hall–Kier alpha value is -2.19. The summed E-state index contributed by atoms with van der Waals surface area (Å²) >= 11 is 0. The Morgan fingerprint density at radius 2 is 1.68 bits per heavy atom. The second-order valence-electron chi connectivity index (χ2n) is 5.88. The Labute approximate surface area is 148 Å². The molecule has 0 radical (unpaired) electrons. The average molecular weight is 362 g/mol. The van der Waals surface area contributed by atoms with Crippen LogP contribution in [-0.4, -0.2) is 62.0 Å². The molecule has 1 saturated heterocycles. The van der Waals surface area contributed by atoms with E-state index in [2.05, 4.69) is 15.1 Å². The average Bonchev–Trinajstić information content (AvgIpc) is 2.62. The molecule has 0 N–H and O–H groups in total. The first kappa shape index (κ1) is 17.6. The molecular weight excluding hydrogens is 340 g/mol. The minimum atomic E-state index is -3.12. The number of piperazine rings is 1. The molecule has 0 spiro atoms. The molecule has 25 heavy (non-hydrogen) atoms. The number of nitrogens with zero attached hydrogens (tertiary/aromatic N) is 4. The van der Waals surface area contributed by atoms with Gasteiger partial charge < -0.3 is 9.64 Å². The molecule has 3 rings (SSSR count). The first-order valence-electron chi connectivity index (χ1n) is 8.24. The van der Waals surface area contributed by atoms with Crippen molar-refractivity contribution in [1.29, 1.82) is 0 Å². The van der Waals surface area contributed by atoms with Gasteiger partial charge in [-0.15, -0.1) is 10.2 Å². The van der Waals surface area contributed by atoms with Gasteiger partial charge in [-0.2, -0.15) is 4.31 Å². The highest BCUT2D eigenvalue weighted by Crippen LogP contribution is 2.22. The fourth-order valence-corrected chi connectivity index (χ4v) is 3.61. The molecule has 1 aliphatic heterocycles. The Morgan fingerprint density at radius 3 is 2.20 bits per heavy atom. The van der Waals surface area contributed by atoms with E-state index in [1.54, 1.807) is 0 Å². The number of hydrogen-bond donors (Lipinski definition) is 0. The van der Waals surface area contributed by atoms with Crippen LogP contribution in [0.1, 0.15) is 6.92 Å². The molecule has 2 aromatic rings. The van der Waals surface area contributed by atoms with E-state index in [0.29, 0.717) is 32.8 Å². The summed E-state index contributed by atoms with van der Waals surface area (Å²) < 4.78 is 30.1. The van der Waals surface area contributed by atoms with Crippen LogP contribution in [0.3, 0.4) is 0 Å². The van der Waals surface area contributed by atoms with Gasteiger partial charge in [0.25, 0.3) is 0 Å². The second-order valence-corrected chi connectivity index (χ2v) is 7.87. The van der Waals surface area contributed by atoms with Gasteiger partial charge in [-0.05, 0) is 43.3 Å².